The largest absolute Gasteiger partial charge is 0.344 e. The molecule has 1 aliphatic rings. The first-order valence-corrected chi connectivity index (χ1v) is 23.6. The molecule has 0 amide bonds. The monoisotopic (exact) mass is 855 g/mol. The highest BCUT2D eigenvalue weighted by atomic mass is 15.0. The van der Waals surface area contributed by atoms with Gasteiger partial charge >= 0.3 is 0 Å². The number of benzene rings is 10. The van der Waals surface area contributed by atoms with Crippen LogP contribution in [0.5, 0.6) is 0 Å². The summed E-state index contributed by atoms with van der Waals surface area (Å²) in [6, 6.07) is 83.5. The number of nitrogens with zero attached hydrogens (tertiary/aromatic N) is 3. The number of para-hydroxylation sites is 4. The molecule has 0 spiro atoms. The first kappa shape index (κ1) is 37.9. The van der Waals surface area contributed by atoms with Crippen LogP contribution in [0.1, 0.15) is 29.0 Å². The van der Waals surface area contributed by atoms with E-state index in [0.717, 1.165) is 18.5 Å². The molecule has 0 N–H and O–H groups in total. The average molecular weight is 856 g/mol. The lowest BCUT2D eigenvalue weighted by Crippen LogP contribution is -1.99. The molecule has 3 nitrogen and oxygen atoms in total. The molecule has 14 rings (SSSR count). The van der Waals surface area contributed by atoms with Gasteiger partial charge in [0.15, 0.2) is 0 Å². The number of aromatic nitrogens is 3. The van der Waals surface area contributed by atoms with Crippen LogP contribution >= 0.6 is 0 Å². The van der Waals surface area contributed by atoms with Gasteiger partial charge in [0, 0.05) is 67.6 Å². The summed E-state index contributed by atoms with van der Waals surface area (Å²) in [6.45, 7) is 0. The zero-order chi connectivity index (χ0) is 44.2. The van der Waals surface area contributed by atoms with Gasteiger partial charge in [-0.15, -0.1) is 0 Å². The van der Waals surface area contributed by atoms with Crippen LogP contribution in [-0.2, 0) is 13.5 Å². The number of hydrogen-bond donors (Lipinski definition) is 0. The second kappa shape index (κ2) is 14.8. The lowest BCUT2D eigenvalue weighted by molar-refractivity contribution is 0.730. The topological polar surface area (TPSA) is 14.8 Å². The lowest BCUT2D eigenvalue weighted by Gasteiger charge is -2.15. The zero-order valence-corrected chi connectivity index (χ0v) is 37.2. The van der Waals surface area contributed by atoms with E-state index < -0.39 is 0 Å². The van der Waals surface area contributed by atoms with Crippen LogP contribution in [0.15, 0.2) is 224 Å². The molecule has 0 saturated carbocycles. The van der Waals surface area contributed by atoms with Crippen LogP contribution in [0.3, 0.4) is 0 Å². The van der Waals surface area contributed by atoms with Crippen molar-refractivity contribution in [1.82, 2.24) is 13.7 Å². The summed E-state index contributed by atoms with van der Waals surface area (Å²) in [6.07, 6.45) is 2.09. The van der Waals surface area contributed by atoms with Crippen LogP contribution in [0.2, 0.25) is 0 Å². The molecule has 1 aliphatic carbocycles. The summed E-state index contributed by atoms with van der Waals surface area (Å²) in [5, 5.41) is 7.67. The summed E-state index contributed by atoms with van der Waals surface area (Å²) < 4.78 is 7.22. The molecule has 1 atom stereocenters. The SMILES string of the molecule is Cn1c2ccccc2c2cc(CCC3c4ccccc4-c4cc(-c5ccc6c(c5)c5ccccc5n6-c5ccc6c(c5)c5ccccc5n6-c5ccccc5-c5ccccc5)ccc43)ccc21. The summed E-state index contributed by atoms with van der Waals surface area (Å²) in [5.41, 5.74) is 21.6. The Hall–Kier alpha value is -8.40. The average Bonchev–Trinajstić information content (AvgIpc) is 4.10. The van der Waals surface area contributed by atoms with Gasteiger partial charge in [0.25, 0.3) is 0 Å². The molecule has 0 radical (unpaired) electrons. The third-order valence-corrected chi connectivity index (χ3v) is 14.9. The first-order chi connectivity index (χ1) is 33.2. The number of fused-ring (bicyclic) bond motifs is 12. The standard InChI is InChI=1S/C64H45N3/c1-65-58-23-11-8-20-51(58)55-37-41(28-34-59(55)65)27-32-49-47-18-5-6-19-48(47)54-38-43(29-33-50(49)54)44-30-35-63-56(39-44)52-21-9-13-25-61(52)66(63)45-31-36-64-57(40-45)53-22-10-14-26-62(53)67(64)60-24-12-7-17-46(60)42-15-3-2-4-16-42/h2-26,28-31,33-40,49H,27,32H2,1H3. The fourth-order valence-electron chi connectivity index (χ4n) is 11.8. The molecule has 3 heterocycles. The molecule has 0 saturated heterocycles. The molecule has 0 fully saturated rings. The van der Waals surface area contributed by atoms with Gasteiger partial charge in [-0.25, -0.2) is 0 Å². The Bertz CT molecular complexity index is 4120. The number of hydrogen-bond acceptors (Lipinski definition) is 0. The lowest BCUT2D eigenvalue weighted by atomic mass is 9.89. The molecule has 1 unspecified atom stereocenters. The maximum absolute atomic E-state index is 2.46. The Morgan fingerprint density at radius 3 is 1.70 bits per heavy atom. The Labute approximate surface area is 389 Å². The van der Waals surface area contributed by atoms with Crippen molar-refractivity contribution in [1.29, 1.82) is 0 Å². The van der Waals surface area contributed by atoms with Gasteiger partial charge in [-0.1, -0.05) is 152 Å². The van der Waals surface area contributed by atoms with E-state index in [1.54, 1.807) is 0 Å². The van der Waals surface area contributed by atoms with Crippen LogP contribution in [0.4, 0.5) is 0 Å². The third kappa shape index (κ3) is 5.77. The van der Waals surface area contributed by atoms with E-state index in [-0.39, 0.29) is 0 Å². The number of aryl methyl sites for hydroxylation is 2. The van der Waals surface area contributed by atoms with E-state index in [1.807, 2.05) is 0 Å². The highest BCUT2D eigenvalue weighted by molar-refractivity contribution is 6.13. The predicted octanol–water partition coefficient (Wildman–Crippen LogP) is 16.6. The molecule has 0 aliphatic heterocycles. The van der Waals surface area contributed by atoms with Crippen LogP contribution in [0, 0.1) is 0 Å². The maximum atomic E-state index is 2.46. The van der Waals surface area contributed by atoms with Crippen molar-refractivity contribution in [2.75, 3.05) is 0 Å². The molecular formula is C64H45N3. The molecule has 13 aromatic rings. The molecule has 316 valence electrons. The Balaban J connectivity index is 0.842. The van der Waals surface area contributed by atoms with Gasteiger partial charge in [-0.2, -0.15) is 0 Å². The van der Waals surface area contributed by atoms with Gasteiger partial charge in [0.05, 0.1) is 27.8 Å². The van der Waals surface area contributed by atoms with Crippen molar-refractivity contribution in [2.24, 2.45) is 7.05 Å². The minimum Gasteiger partial charge on any atom is -0.344 e. The van der Waals surface area contributed by atoms with Crippen molar-refractivity contribution in [2.45, 2.75) is 18.8 Å². The van der Waals surface area contributed by atoms with Gasteiger partial charge < -0.3 is 13.7 Å². The molecular weight excluding hydrogens is 811 g/mol. The first-order valence-electron chi connectivity index (χ1n) is 23.6. The fraction of sp³-hybridized carbons (Fsp3) is 0.0625. The van der Waals surface area contributed by atoms with Gasteiger partial charge in [-0.05, 0) is 130 Å². The molecule has 0 bridgehead atoms. The van der Waals surface area contributed by atoms with Gasteiger partial charge in [-0.3, -0.25) is 0 Å². The maximum Gasteiger partial charge on any atom is 0.0542 e. The predicted molar refractivity (Wildman–Crippen MR) is 282 cm³/mol. The highest BCUT2D eigenvalue weighted by Gasteiger charge is 2.29. The Morgan fingerprint density at radius 2 is 0.881 bits per heavy atom. The minimum absolute atomic E-state index is 0.355. The van der Waals surface area contributed by atoms with Crippen LogP contribution in [0.25, 0.3) is 110 Å². The minimum atomic E-state index is 0.355. The van der Waals surface area contributed by atoms with E-state index in [0.29, 0.717) is 5.92 Å². The highest BCUT2D eigenvalue weighted by Crippen LogP contribution is 2.49. The Kier molecular flexibility index (Phi) is 8.39. The normalized spacial score (nSPS) is 13.4. The zero-order valence-electron chi connectivity index (χ0n) is 37.2. The van der Waals surface area contributed by atoms with E-state index >= 15 is 0 Å². The third-order valence-electron chi connectivity index (χ3n) is 14.9. The molecule has 3 heteroatoms. The summed E-state index contributed by atoms with van der Waals surface area (Å²) >= 11 is 0. The van der Waals surface area contributed by atoms with E-state index in [2.05, 4.69) is 245 Å². The summed E-state index contributed by atoms with van der Waals surface area (Å²) in [4.78, 5) is 0. The van der Waals surface area contributed by atoms with Crippen molar-refractivity contribution in [3.63, 3.8) is 0 Å². The fourth-order valence-corrected chi connectivity index (χ4v) is 11.8. The second-order valence-corrected chi connectivity index (χ2v) is 18.4. The van der Waals surface area contributed by atoms with Gasteiger partial charge in [0.1, 0.15) is 0 Å². The smallest absolute Gasteiger partial charge is 0.0542 e. The van der Waals surface area contributed by atoms with E-state index in [1.165, 1.54) is 121 Å². The van der Waals surface area contributed by atoms with Crippen LogP contribution in [-0.4, -0.2) is 13.7 Å². The van der Waals surface area contributed by atoms with Crippen molar-refractivity contribution in [3.05, 3.63) is 241 Å². The molecule has 10 aromatic carbocycles. The molecule has 3 aromatic heterocycles. The molecule has 67 heavy (non-hydrogen) atoms. The van der Waals surface area contributed by atoms with E-state index in [9.17, 15) is 0 Å². The van der Waals surface area contributed by atoms with Crippen molar-refractivity contribution < 1.29 is 0 Å². The Morgan fingerprint density at radius 1 is 0.343 bits per heavy atom. The summed E-state index contributed by atoms with van der Waals surface area (Å²) in [7, 11) is 2.18. The number of rotatable bonds is 7. The summed E-state index contributed by atoms with van der Waals surface area (Å²) in [5.74, 6) is 0.355. The van der Waals surface area contributed by atoms with Crippen molar-refractivity contribution in [3.8, 4) is 44.8 Å². The van der Waals surface area contributed by atoms with Crippen LogP contribution < -0.4 is 0 Å². The quantitative estimate of drug-likeness (QED) is 0.152. The van der Waals surface area contributed by atoms with E-state index in [4.69, 9.17) is 0 Å². The van der Waals surface area contributed by atoms with Gasteiger partial charge in [0.2, 0.25) is 0 Å². The second-order valence-electron chi connectivity index (χ2n) is 18.4. The van der Waals surface area contributed by atoms with Crippen molar-refractivity contribution >= 4 is 65.4 Å².